The molecule has 0 amide bonds. The molecule has 0 aliphatic heterocycles. The summed E-state index contributed by atoms with van der Waals surface area (Å²) in [6.45, 7) is 10.5. The lowest BCUT2D eigenvalue weighted by molar-refractivity contribution is -0.208. The quantitative estimate of drug-likeness (QED) is 0.437. The molecule has 0 aliphatic rings. The van der Waals surface area contributed by atoms with Gasteiger partial charge in [-0.3, -0.25) is 0 Å². The molecule has 0 aromatic heterocycles. The fourth-order valence-electron chi connectivity index (χ4n) is 3.58. The fraction of sp³-hybridized carbons (Fsp3) is 0.462. The fourth-order valence-corrected chi connectivity index (χ4v) is 3.58. The number of hydrogen-bond acceptors (Lipinski definition) is 6. The van der Waals surface area contributed by atoms with Crippen LogP contribution in [0.5, 0.6) is 11.5 Å². The zero-order valence-electron chi connectivity index (χ0n) is 19.8. The third-order valence-electron chi connectivity index (χ3n) is 5.06. The molecular formula is C26H34O6. The largest absolute Gasteiger partial charge is 0.471 e. The van der Waals surface area contributed by atoms with Gasteiger partial charge in [-0.2, -0.15) is 0 Å². The molecule has 0 saturated heterocycles. The number of benzene rings is 2. The van der Waals surface area contributed by atoms with E-state index in [9.17, 15) is 9.59 Å². The van der Waals surface area contributed by atoms with Crippen molar-refractivity contribution in [2.75, 3.05) is 0 Å². The lowest BCUT2D eigenvalue weighted by Crippen LogP contribution is -2.70. The summed E-state index contributed by atoms with van der Waals surface area (Å²) in [5.41, 5.74) is -3.59. The van der Waals surface area contributed by atoms with Crippen LogP contribution in [-0.2, 0) is 19.1 Å². The zero-order chi connectivity index (χ0) is 23.8. The molecule has 2 aromatic carbocycles. The molecule has 0 fully saturated rings. The third kappa shape index (κ3) is 5.42. The molecule has 0 radical (unpaired) electrons. The van der Waals surface area contributed by atoms with Crippen molar-refractivity contribution in [2.45, 2.75) is 77.8 Å². The van der Waals surface area contributed by atoms with Gasteiger partial charge in [0.05, 0.1) is 12.2 Å². The van der Waals surface area contributed by atoms with Crippen molar-refractivity contribution in [1.29, 1.82) is 0 Å². The third-order valence-corrected chi connectivity index (χ3v) is 5.06. The summed E-state index contributed by atoms with van der Waals surface area (Å²) in [7, 11) is 0. The van der Waals surface area contributed by atoms with Crippen molar-refractivity contribution in [3.63, 3.8) is 0 Å². The summed E-state index contributed by atoms with van der Waals surface area (Å²) >= 11 is 0. The topological polar surface area (TPSA) is 71.1 Å². The van der Waals surface area contributed by atoms with E-state index in [0.29, 0.717) is 11.5 Å². The van der Waals surface area contributed by atoms with Crippen LogP contribution in [0.4, 0.5) is 0 Å². The van der Waals surface area contributed by atoms with Gasteiger partial charge in [-0.15, -0.1) is 0 Å². The molecule has 6 nitrogen and oxygen atoms in total. The average Bonchev–Trinajstić information content (AvgIpc) is 2.76. The van der Waals surface area contributed by atoms with Crippen LogP contribution < -0.4 is 9.47 Å². The van der Waals surface area contributed by atoms with E-state index in [1.807, 2.05) is 12.1 Å². The molecule has 2 rings (SSSR count). The highest BCUT2D eigenvalue weighted by molar-refractivity contribution is 5.94. The Morgan fingerprint density at radius 2 is 0.969 bits per heavy atom. The Hall–Kier alpha value is -3.02. The van der Waals surface area contributed by atoms with Crippen LogP contribution in [0.1, 0.15) is 54.4 Å². The van der Waals surface area contributed by atoms with Crippen molar-refractivity contribution < 1.29 is 28.5 Å². The molecule has 0 aliphatic carbocycles. The minimum absolute atomic E-state index is 0.112. The number of carbonyl (C=O) groups is 2. The standard InChI is InChI=1S/C26H34O6/c1-7-25(23(27)29-19(3)4,31-21-15-11-9-12-16-21)26(8-2,24(28)30-20(5)6)32-22-17-13-10-14-18-22/h9-20H,7-8H2,1-6H3. The van der Waals surface area contributed by atoms with Crippen molar-refractivity contribution in [2.24, 2.45) is 0 Å². The summed E-state index contributed by atoms with van der Waals surface area (Å²) in [5.74, 6) is -0.529. The van der Waals surface area contributed by atoms with E-state index in [2.05, 4.69) is 0 Å². The molecule has 6 heteroatoms. The molecule has 174 valence electrons. The second-order valence-electron chi connectivity index (χ2n) is 8.10. The van der Waals surface area contributed by atoms with Crippen molar-refractivity contribution in [3.05, 3.63) is 60.7 Å². The summed E-state index contributed by atoms with van der Waals surface area (Å²) in [6.07, 6.45) is -0.608. The maximum atomic E-state index is 13.7. The second kappa shape index (κ2) is 11.0. The predicted molar refractivity (Wildman–Crippen MR) is 123 cm³/mol. The molecule has 2 unspecified atom stereocenters. The van der Waals surface area contributed by atoms with Gasteiger partial charge in [0.2, 0.25) is 0 Å². The van der Waals surface area contributed by atoms with Crippen LogP contribution >= 0.6 is 0 Å². The molecule has 0 bridgehead atoms. The van der Waals surface area contributed by atoms with E-state index >= 15 is 0 Å². The Balaban J connectivity index is 2.75. The Labute approximate surface area is 190 Å². The number of hydrogen-bond donors (Lipinski definition) is 0. The Bertz CT molecular complexity index is 791. The maximum Gasteiger partial charge on any atom is 0.355 e. The first kappa shape index (κ1) is 25.2. The molecule has 32 heavy (non-hydrogen) atoms. The first-order valence-corrected chi connectivity index (χ1v) is 11.1. The van der Waals surface area contributed by atoms with E-state index in [0.717, 1.165) is 0 Å². The van der Waals surface area contributed by atoms with Crippen molar-refractivity contribution in [1.82, 2.24) is 0 Å². The van der Waals surface area contributed by atoms with E-state index in [-0.39, 0.29) is 12.8 Å². The van der Waals surface area contributed by atoms with Gasteiger partial charge in [-0.25, -0.2) is 9.59 Å². The summed E-state index contributed by atoms with van der Waals surface area (Å²) in [6, 6.07) is 17.8. The maximum absolute atomic E-state index is 13.7. The Kier molecular flexibility index (Phi) is 8.70. The van der Waals surface area contributed by atoms with Crippen molar-refractivity contribution >= 4 is 11.9 Å². The molecular weight excluding hydrogens is 408 g/mol. The van der Waals surface area contributed by atoms with E-state index in [1.54, 1.807) is 90.1 Å². The van der Waals surface area contributed by atoms with Gasteiger partial charge in [0.1, 0.15) is 11.5 Å². The number of esters is 2. The normalized spacial score (nSPS) is 14.9. The summed E-state index contributed by atoms with van der Waals surface area (Å²) in [5, 5.41) is 0. The Morgan fingerprint density at radius 3 is 1.22 bits per heavy atom. The molecule has 2 aromatic rings. The van der Waals surface area contributed by atoms with Gasteiger partial charge < -0.3 is 18.9 Å². The van der Waals surface area contributed by atoms with Crippen LogP contribution in [0.2, 0.25) is 0 Å². The molecule has 0 N–H and O–H groups in total. The zero-order valence-corrected chi connectivity index (χ0v) is 19.8. The van der Waals surface area contributed by atoms with Gasteiger partial charge >= 0.3 is 11.9 Å². The second-order valence-corrected chi connectivity index (χ2v) is 8.10. The van der Waals surface area contributed by atoms with Gasteiger partial charge in [0.15, 0.2) is 0 Å². The average molecular weight is 443 g/mol. The predicted octanol–water partition coefficient (Wildman–Crippen LogP) is 5.35. The van der Waals surface area contributed by atoms with Crippen LogP contribution in [0.25, 0.3) is 0 Å². The summed E-state index contributed by atoms with van der Waals surface area (Å²) < 4.78 is 23.9. The Morgan fingerprint density at radius 1 is 0.656 bits per heavy atom. The van der Waals surface area contributed by atoms with E-state index in [1.165, 1.54) is 0 Å². The lowest BCUT2D eigenvalue weighted by atomic mass is 9.77. The monoisotopic (exact) mass is 442 g/mol. The SMILES string of the molecule is CCC(Oc1ccccc1)(C(=O)OC(C)C)C(CC)(Oc1ccccc1)C(=O)OC(C)C. The highest BCUT2D eigenvalue weighted by atomic mass is 16.6. The van der Waals surface area contributed by atoms with Gasteiger partial charge in [0, 0.05) is 12.8 Å². The van der Waals surface area contributed by atoms with Crippen LogP contribution in [0.3, 0.4) is 0 Å². The highest BCUT2D eigenvalue weighted by Gasteiger charge is 2.66. The highest BCUT2D eigenvalue weighted by Crippen LogP contribution is 2.41. The smallest absolute Gasteiger partial charge is 0.355 e. The first-order chi connectivity index (χ1) is 15.2. The number of ether oxygens (including phenoxy) is 4. The minimum atomic E-state index is -1.80. The molecule has 2 atom stereocenters. The van der Waals surface area contributed by atoms with Gasteiger partial charge in [0.25, 0.3) is 11.2 Å². The van der Waals surface area contributed by atoms with E-state index < -0.39 is 35.3 Å². The van der Waals surface area contributed by atoms with Crippen LogP contribution in [0.15, 0.2) is 60.7 Å². The molecule has 0 heterocycles. The number of para-hydroxylation sites is 2. The molecule has 0 spiro atoms. The summed E-state index contributed by atoms with van der Waals surface area (Å²) in [4.78, 5) is 27.3. The number of carbonyl (C=O) groups excluding carboxylic acids is 2. The number of rotatable bonds is 11. The van der Waals surface area contributed by atoms with Crippen LogP contribution in [-0.4, -0.2) is 35.3 Å². The molecule has 0 saturated carbocycles. The van der Waals surface area contributed by atoms with E-state index in [4.69, 9.17) is 18.9 Å². The first-order valence-electron chi connectivity index (χ1n) is 11.1. The lowest BCUT2D eigenvalue weighted by Gasteiger charge is -2.45. The van der Waals surface area contributed by atoms with Gasteiger partial charge in [-0.05, 0) is 52.0 Å². The van der Waals surface area contributed by atoms with Crippen molar-refractivity contribution in [3.8, 4) is 11.5 Å². The minimum Gasteiger partial charge on any atom is -0.471 e. The van der Waals surface area contributed by atoms with Crippen LogP contribution in [0, 0.1) is 0 Å². The van der Waals surface area contributed by atoms with Gasteiger partial charge in [-0.1, -0.05) is 50.2 Å².